The lowest BCUT2D eigenvalue weighted by molar-refractivity contribution is 0.145. The summed E-state index contributed by atoms with van der Waals surface area (Å²) < 4.78 is 4.57. The molecule has 0 aromatic heterocycles. The van der Waals surface area contributed by atoms with Crippen LogP contribution in [0.1, 0.15) is 6.92 Å². The molecule has 0 rings (SSSR count). The first-order valence-electron chi connectivity index (χ1n) is 1.78. The van der Waals surface area contributed by atoms with Crippen molar-refractivity contribution in [1.29, 1.82) is 0 Å². The maximum Gasteiger partial charge on any atom is 0.264 e. The van der Waals surface area contributed by atoms with E-state index in [2.05, 4.69) is 4.74 Å². The van der Waals surface area contributed by atoms with Gasteiger partial charge < -0.3 is 5.11 Å². The second-order valence-corrected chi connectivity index (χ2v) is 1.06. The van der Waals surface area contributed by atoms with Crippen molar-refractivity contribution in [2.24, 2.45) is 0 Å². The molecule has 0 radical (unpaired) electrons. The van der Waals surface area contributed by atoms with Crippen LogP contribution in [-0.2, 0) is 4.74 Å². The zero-order valence-corrected chi connectivity index (χ0v) is 4.06. The van der Waals surface area contributed by atoms with Crippen molar-refractivity contribution in [3.05, 3.63) is 6.10 Å². The molecule has 0 aromatic carbocycles. The Labute approximate surface area is 37.7 Å². The smallest absolute Gasteiger partial charge is 0.264 e. The van der Waals surface area contributed by atoms with Gasteiger partial charge in [0.2, 0.25) is 6.61 Å². The summed E-state index contributed by atoms with van der Waals surface area (Å²) in [5.74, 6) is 0. The summed E-state index contributed by atoms with van der Waals surface area (Å²) in [5.41, 5.74) is 0. The fourth-order valence-corrected chi connectivity index (χ4v) is 0.0645. The highest BCUT2D eigenvalue weighted by atomic mass is 16.5. The van der Waals surface area contributed by atoms with E-state index in [0.717, 1.165) is 0 Å². The molecule has 0 heterocycles. The molecule has 6 heavy (non-hydrogen) atoms. The summed E-state index contributed by atoms with van der Waals surface area (Å²) in [4.78, 5) is 0. The van der Waals surface area contributed by atoms with Crippen LogP contribution in [-0.4, -0.2) is 18.8 Å². The Hall–Kier alpha value is -0.210. The standard InChI is InChI=1S/C4H9O2/c1-4(3-5)6-2/h5H,3H2,1-2H3/q+1. The normalized spacial score (nSPS) is 8.50. The van der Waals surface area contributed by atoms with Crippen LogP contribution >= 0.6 is 0 Å². The molecule has 0 spiro atoms. The van der Waals surface area contributed by atoms with Gasteiger partial charge in [0.05, 0.1) is 7.11 Å². The zero-order valence-electron chi connectivity index (χ0n) is 4.06. The molecule has 0 fully saturated rings. The summed E-state index contributed by atoms with van der Waals surface area (Å²) in [7, 11) is 1.53. The van der Waals surface area contributed by atoms with E-state index in [0.29, 0.717) is 6.10 Å². The zero-order chi connectivity index (χ0) is 4.99. The molecule has 1 N–H and O–H groups in total. The first kappa shape index (κ1) is 5.79. The summed E-state index contributed by atoms with van der Waals surface area (Å²) in [6, 6.07) is 0. The van der Waals surface area contributed by atoms with Crippen molar-refractivity contribution in [3.8, 4) is 0 Å². The lowest BCUT2D eigenvalue weighted by atomic mass is 10.4. The number of aliphatic hydroxyl groups excluding tert-OH is 1. The second-order valence-electron chi connectivity index (χ2n) is 1.06. The van der Waals surface area contributed by atoms with Crippen molar-refractivity contribution in [1.82, 2.24) is 0 Å². The molecule has 2 heteroatoms. The van der Waals surface area contributed by atoms with Crippen LogP contribution in [0.25, 0.3) is 0 Å². The summed E-state index contributed by atoms with van der Waals surface area (Å²) in [5, 5.41) is 8.17. The van der Waals surface area contributed by atoms with Crippen LogP contribution in [0.3, 0.4) is 0 Å². The number of hydrogen-bond acceptors (Lipinski definition) is 2. The highest BCUT2D eigenvalue weighted by Crippen LogP contribution is 1.91. The van der Waals surface area contributed by atoms with E-state index < -0.39 is 0 Å². The molecule has 2 nitrogen and oxygen atoms in total. The number of methoxy groups -OCH3 is 1. The Morgan fingerprint density at radius 2 is 2.33 bits per heavy atom. The van der Waals surface area contributed by atoms with Gasteiger partial charge in [-0.25, -0.2) is 0 Å². The molecule has 0 aliphatic carbocycles. The van der Waals surface area contributed by atoms with Crippen LogP contribution in [0, 0.1) is 6.10 Å². The minimum Gasteiger partial charge on any atom is -0.353 e. The lowest BCUT2D eigenvalue weighted by Gasteiger charge is -1.84. The quantitative estimate of drug-likeness (QED) is 0.489. The number of ether oxygens (including phenoxy) is 1. The van der Waals surface area contributed by atoms with Gasteiger partial charge in [-0.3, -0.25) is 0 Å². The average Bonchev–Trinajstić information content (AvgIpc) is 1.65. The van der Waals surface area contributed by atoms with Gasteiger partial charge in [0.15, 0.2) is 0 Å². The van der Waals surface area contributed by atoms with Crippen molar-refractivity contribution in [2.45, 2.75) is 6.92 Å². The SMILES string of the molecule is CO[C+](C)CO. The molecule has 0 aromatic rings. The Kier molecular flexibility index (Phi) is 2.89. The van der Waals surface area contributed by atoms with E-state index in [9.17, 15) is 0 Å². The van der Waals surface area contributed by atoms with Gasteiger partial charge in [0.1, 0.15) is 6.92 Å². The van der Waals surface area contributed by atoms with Crippen LogP contribution in [0.5, 0.6) is 0 Å². The van der Waals surface area contributed by atoms with E-state index in [1.54, 1.807) is 6.92 Å². The van der Waals surface area contributed by atoms with Crippen molar-refractivity contribution < 1.29 is 9.84 Å². The molecule has 0 saturated carbocycles. The van der Waals surface area contributed by atoms with E-state index in [1.807, 2.05) is 0 Å². The fourth-order valence-electron chi connectivity index (χ4n) is 0.0645. The number of hydrogen-bond donors (Lipinski definition) is 1. The van der Waals surface area contributed by atoms with Gasteiger partial charge in [-0.05, 0) is 0 Å². The third-order valence-corrected chi connectivity index (χ3v) is 0.571. The molecule has 0 aliphatic heterocycles. The summed E-state index contributed by atoms with van der Waals surface area (Å²) in [6.07, 6.45) is 0.648. The molecule has 0 atom stereocenters. The largest absolute Gasteiger partial charge is 0.353 e. The Bertz CT molecular complexity index is 24.7. The van der Waals surface area contributed by atoms with Crippen molar-refractivity contribution in [3.63, 3.8) is 0 Å². The second kappa shape index (κ2) is 3.00. The van der Waals surface area contributed by atoms with E-state index in [-0.39, 0.29) is 6.61 Å². The van der Waals surface area contributed by atoms with Crippen LogP contribution in [0.2, 0.25) is 0 Å². The first-order chi connectivity index (χ1) is 2.81. The maximum atomic E-state index is 8.17. The summed E-state index contributed by atoms with van der Waals surface area (Å²) in [6.45, 7) is 1.75. The highest BCUT2D eigenvalue weighted by molar-refractivity contribution is 4.65. The first-order valence-corrected chi connectivity index (χ1v) is 1.78. The highest BCUT2D eigenvalue weighted by Gasteiger charge is 2.06. The fraction of sp³-hybridized carbons (Fsp3) is 0.750. The maximum absolute atomic E-state index is 8.17. The van der Waals surface area contributed by atoms with E-state index >= 15 is 0 Å². The molecule has 0 amide bonds. The minimum atomic E-state index is 0.0243. The Morgan fingerprint density at radius 1 is 1.83 bits per heavy atom. The Morgan fingerprint density at radius 3 is 2.33 bits per heavy atom. The van der Waals surface area contributed by atoms with Gasteiger partial charge in [-0.2, -0.15) is 4.74 Å². The van der Waals surface area contributed by atoms with E-state index in [1.165, 1.54) is 7.11 Å². The molecule has 0 aliphatic rings. The minimum absolute atomic E-state index is 0.0243. The third-order valence-electron chi connectivity index (χ3n) is 0.571. The molecular formula is C4H9O2+. The van der Waals surface area contributed by atoms with Gasteiger partial charge in [0, 0.05) is 0 Å². The predicted molar refractivity (Wildman–Crippen MR) is 23.0 cm³/mol. The van der Waals surface area contributed by atoms with Crippen LogP contribution < -0.4 is 0 Å². The van der Waals surface area contributed by atoms with Gasteiger partial charge in [-0.1, -0.05) is 0 Å². The molecule has 0 unspecified atom stereocenters. The Balaban J connectivity index is 2.75. The van der Waals surface area contributed by atoms with Crippen molar-refractivity contribution >= 4 is 0 Å². The van der Waals surface area contributed by atoms with Gasteiger partial charge in [0.25, 0.3) is 6.10 Å². The molecule has 36 valence electrons. The average molecular weight is 89.1 g/mol. The summed E-state index contributed by atoms with van der Waals surface area (Å²) >= 11 is 0. The molecule has 0 saturated heterocycles. The van der Waals surface area contributed by atoms with Crippen LogP contribution in [0.15, 0.2) is 0 Å². The van der Waals surface area contributed by atoms with Gasteiger partial charge >= 0.3 is 0 Å². The third kappa shape index (κ3) is 2.05. The molecular weight excluding hydrogens is 80.0 g/mol. The predicted octanol–water partition coefficient (Wildman–Crippen LogP) is 0.177. The number of rotatable bonds is 2. The van der Waals surface area contributed by atoms with Gasteiger partial charge in [-0.15, -0.1) is 0 Å². The topological polar surface area (TPSA) is 29.5 Å². The molecule has 0 bridgehead atoms. The van der Waals surface area contributed by atoms with E-state index in [4.69, 9.17) is 5.11 Å². The number of aliphatic hydroxyl groups is 1. The van der Waals surface area contributed by atoms with Crippen LogP contribution in [0.4, 0.5) is 0 Å². The monoisotopic (exact) mass is 89.1 g/mol. The van der Waals surface area contributed by atoms with Crippen molar-refractivity contribution in [2.75, 3.05) is 13.7 Å². The lowest BCUT2D eigenvalue weighted by Crippen LogP contribution is -1.98.